The zero-order valence-corrected chi connectivity index (χ0v) is 27.3. The van der Waals surface area contributed by atoms with Crippen LogP contribution in [-0.4, -0.2) is 116 Å². The lowest BCUT2D eigenvalue weighted by Gasteiger charge is -2.29. The van der Waals surface area contributed by atoms with Gasteiger partial charge in [-0.1, -0.05) is 13.8 Å². The first-order chi connectivity index (χ1) is 22.4. The van der Waals surface area contributed by atoms with Gasteiger partial charge in [0.2, 0.25) is 41.4 Å². The van der Waals surface area contributed by atoms with Gasteiger partial charge in [0, 0.05) is 24.7 Å². The normalized spacial score (nSPS) is 24.6. The summed E-state index contributed by atoms with van der Waals surface area (Å²) in [5.41, 5.74) is 5.58. The van der Waals surface area contributed by atoms with E-state index in [1.54, 1.807) is 13.8 Å². The van der Waals surface area contributed by atoms with Gasteiger partial charge in [0.15, 0.2) is 0 Å². The highest BCUT2D eigenvalue weighted by atomic mass is 31.2. The molecule has 0 spiro atoms. The van der Waals surface area contributed by atoms with Crippen LogP contribution in [-0.2, 0) is 49.1 Å². The molecule has 1 aromatic rings. The molecule has 0 bridgehead atoms. The summed E-state index contributed by atoms with van der Waals surface area (Å²) in [7, 11) is -5.26. The number of H-pyrrole nitrogens is 1. The Morgan fingerprint density at radius 2 is 1.52 bits per heavy atom. The molecule has 0 unspecified atom stereocenters. The van der Waals surface area contributed by atoms with Gasteiger partial charge in [-0.05, 0) is 25.7 Å². The minimum absolute atomic E-state index is 0.110. The van der Waals surface area contributed by atoms with Gasteiger partial charge >= 0.3 is 7.82 Å². The van der Waals surface area contributed by atoms with E-state index >= 15 is 0 Å². The monoisotopic (exact) mass is 703 g/mol. The van der Waals surface area contributed by atoms with Crippen molar-refractivity contribution in [1.82, 2.24) is 41.9 Å². The minimum atomic E-state index is -5.26. The highest BCUT2D eigenvalue weighted by molar-refractivity contribution is 7.46. The molecule has 1 aromatic heterocycles. The van der Waals surface area contributed by atoms with Gasteiger partial charge in [0.05, 0.1) is 25.6 Å². The number of carbonyl (C=O) groups is 7. The Morgan fingerprint density at radius 1 is 0.917 bits per heavy atom. The van der Waals surface area contributed by atoms with Crippen LogP contribution < -0.4 is 37.6 Å². The molecule has 1 aliphatic rings. The topological polar surface area (TPSA) is 333 Å². The first-order valence-electron chi connectivity index (χ1n) is 14.8. The van der Waals surface area contributed by atoms with Crippen LogP contribution in [0.5, 0.6) is 0 Å². The van der Waals surface area contributed by atoms with Crippen LogP contribution in [0.4, 0.5) is 0 Å². The van der Waals surface area contributed by atoms with Crippen molar-refractivity contribution in [3.8, 4) is 0 Å². The molecule has 1 saturated heterocycles. The van der Waals surface area contributed by atoms with Crippen LogP contribution in [0.2, 0.25) is 0 Å². The van der Waals surface area contributed by atoms with Crippen molar-refractivity contribution in [2.24, 2.45) is 11.7 Å². The molecule has 21 nitrogen and oxygen atoms in total. The van der Waals surface area contributed by atoms with E-state index in [2.05, 4.69) is 46.4 Å². The van der Waals surface area contributed by atoms with E-state index in [9.17, 15) is 53.0 Å². The third-order valence-electron chi connectivity index (χ3n) is 6.88. The summed E-state index contributed by atoms with van der Waals surface area (Å²) in [6.45, 7) is 2.82. The molecule has 48 heavy (non-hydrogen) atoms. The van der Waals surface area contributed by atoms with Gasteiger partial charge < -0.3 is 57.5 Å². The number of imidazole rings is 1. The molecule has 1 aliphatic heterocycles. The Morgan fingerprint density at radius 3 is 2.08 bits per heavy atom. The smallest absolute Gasteiger partial charge is 0.394 e. The molecular formula is C26H42N9O12P. The van der Waals surface area contributed by atoms with E-state index in [0.717, 1.165) is 6.92 Å². The van der Waals surface area contributed by atoms with Gasteiger partial charge in [-0.15, -0.1) is 0 Å². The lowest BCUT2D eigenvalue weighted by Crippen LogP contribution is -2.62. The zero-order valence-electron chi connectivity index (χ0n) is 26.4. The molecule has 1 fully saturated rings. The number of nitrogens with one attached hydrogen (secondary N) is 7. The van der Waals surface area contributed by atoms with Crippen LogP contribution >= 0.6 is 7.82 Å². The molecule has 0 radical (unpaired) electrons. The number of amides is 7. The first kappa shape index (κ1) is 39.7. The summed E-state index contributed by atoms with van der Waals surface area (Å²) in [6, 6.07) is -7.89. The number of carbonyl (C=O) groups excluding carboxylic acids is 7. The number of primary amides is 1. The van der Waals surface area contributed by atoms with Crippen molar-refractivity contribution in [1.29, 1.82) is 0 Å². The van der Waals surface area contributed by atoms with E-state index in [0.29, 0.717) is 5.69 Å². The van der Waals surface area contributed by atoms with Gasteiger partial charge in [0.25, 0.3) is 0 Å². The summed E-state index contributed by atoms with van der Waals surface area (Å²) >= 11 is 0. The molecule has 0 saturated carbocycles. The van der Waals surface area contributed by atoms with Crippen molar-refractivity contribution >= 4 is 49.2 Å². The predicted octanol–water partition coefficient (Wildman–Crippen LogP) is -4.69. The third-order valence-corrected chi connectivity index (χ3v) is 7.48. The number of phosphoric ester groups is 1. The van der Waals surface area contributed by atoms with Crippen molar-refractivity contribution in [2.45, 2.75) is 82.8 Å². The second kappa shape index (κ2) is 18.2. The van der Waals surface area contributed by atoms with Gasteiger partial charge in [-0.2, -0.15) is 0 Å². The molecule has 0 aromatic carbocycles. The van der Waals surface area contributed by atoms with E-state index in [1.807, 2.05) is 0 Å². The predicted molar refractivity (Wildman–Crippen MR) is 163 cm³/mol. The fourth-order valence-electron chi connectivity index (χ4n) is 4.55. The average Bonchev–Trinajstić information content (AvgIpc) is 3.49. The maximum atomic E-state index is 13.4. The summed E-state index contributed by atoms with van der Waals surface area (Å²) in [5.74, 6) is -7.01. The number of nitrogens with two attached hydrogens (primary N) is 1. The average molecular weight is 704 g/mol. The fourth-order valence-corrected chi connectivity index (χ4v) is 5.10. The SMILES string of the molecule is CC(C)C[C@@H]1NC(=O)CNC(=O)[C@H](CCC(N)=O)NC(=O)[C@H]([C@@H](C)OP(=O)(O)O)NC(=O)[C@H](CO)NC(=O)[C@H](Cc2cnc[nH]2)NC1=O. The molecule has 22 heteroatoms. The number of nitrogens with zero attached hydrogens (tertiary/aromatic N) is 1. The second-order valence-electron chi connectivity index (χ2n) is 11.4. The quantitative estimate of drug-likeness (QED) is 0.0967. The summed E-state index contributed by atoms with van der Waals surface area (Å²) in [6.07, 6.45) is 0.0331. The Balaban J connectivity index is 2.55. The highest BCUT2D eigenvalue weighted by Gasteiger charge is 2.37. The maximum Gasteiger partial charge on any atom is 0.469 e. The van der Waals surface area contributed by atoms with Crippen molar-refractivity contribution < 1.29 is 57.5 Å². The van der Waals surface area contributed by atoms with Crippen LogP contribution in [0, 0.1) is 5.92 Å². The third kappa shape index (κ3) is 13.4. The van der Waals surface area contributed by atoms with E-state index in [-0.39, 0.29) is 18.8 Å². The Labute approximate surface area is 274 Å². The first-order valence-corrected chi connectivity index (χ1v) is 16.3. The molecule has 6 atom stereocenters. The maximum absolute atomic E-state index is 13.4. The largest absolute Gasteiger partial charge is 0.469 e. The molecule has 0 aliphatic carbocycles. The molecule has 7 amide bonds. The fraction of sp³-hybridized carbons (Fsp3) is 0.615. The minimum Gasteiger partial charge on any atom is -0.394 e. The Hall–Kier alpha value is -4.43. The summed E-state index contributed by atoms with van der Waals surface area (Å²) in [4.78, 5) is 116. The second-order valence-corrected chi connectivity index (χ2v) is 12.6. The molecule has 268 valence electrons. The van der Waals surface area contributed by atoms with Crippen LogP contribution in [0.15, 0.2) is 12.5 Å². The number of rotatable bonds is 11. The number of aliphatic hydroxyl groups excluding tert-OH is 1. The Kier molecular flexibility index (Phi) is 15.1. The van der Waals surface area contributed by atoms with Gasteiger partial charge in [-0.3, -0.25) is 38.1 Å². The summed E-state index contributed by atoms with van der Waals surface area (Å²) in [5, 5.41) is 23.9. The van der Waals surface area contributed by atoms with Crippen LogP contribution in [0.1, 0.15) is 45.7 Å². The molecule has 2 heterocycles. The zero-order chi connectivity index (χ0) is 36.2. The van der Waals surface area contributed by atoms with Crippen molar-refractivity contribution in [3.05, 3.63) is 18.2 Å². The molecule has 2 rings (SSSR count). The van der Waals surface area contributed by atoms with E-state index < -0.39 is 111 Å². The number of hydrogen-bond acceptors (Lipinski definition) is 11. The van der Waals surface area contributed by atoms with Crippen LogP contribution in [0.3, 0.4) is 0 Å². The highest BCUT2D eigenvalue weighted by Crippen LogP contribution is 2.38. The number of aromatic amines is 1. The van der Waals surface area contributed by atoms with Crippen LogP contribution in [0.25, 0.3) is 0 Å². The number of aliphatic hydroxyl groups is 1. The number of aromatic nitrogens is 2. The standard InChI is InChI=1S/C26H42N9O12P/c1-12(2)6-16-23(40)33-17(7-14-8-28-11-30-14)24(41)34-18(10-36)25(42)35-21(13(3)47-48(44,45)46)26(43)32-15(4-5-19(27)37)22(39)29-9-20(38)31-16/h8,11-13,15-18,21,36H,4-7,9-10H2,1-3H3,(H2,27,37)(H,28,30)(H,29,39)(H,31,38)(H,32,43)(H,33,40)(H,34,41)(H,35,42)(H2,44,45,46)/t13-,15+,16+,17+,18+,21+/m1/s1. The number of phosphoric acid groups is 1. The van der Waals surface area contributed by atoms with E-state index in [1.165, 1.54) is 12.5 Å². The van der Waals surface area contributed by atoms with Crippen molar-refractivity contribution in [3.63, 3.8) is 0 Å². The number of hydrogen-bond donors (Lipinski definition) is 11. The van der Waals surface area contributed by atoms with E-state index in [4.69, 9.17) is 5.73 Å². The molecule has 12 N–H and O–H groups in total. The van der Waals surface area contributed by atoms with Gasteiger partial charge in [-0.25, -0.2) is 9.55 Å². The molecular weight excluding hydrogens is 661 g/mol. The lowest BCUT2D eigenvalue weighted by molar-refractivity contribution is -0.137. The summed E-state index contributed by atoms with van der Waals surface area (Å²) < 4.78 is 16.1. The Bertz CT molecular complexity index is 1370. The van der Waals surface area contributed by atoms with Crippen molar-refractivity contribution in [2.75, 3.05) is 13.2 Å². The lowest BCUT2D eigenvalue weighted by atomic mass is 10.0. The van der Waals surface area contributed by atoms with Gasteiger partial charge in [0.1, 0.15) is 30.2 Å².